The lowest BCUT2D eigenvalue weighted by atomic mass is 9.96. The van der Waals surface area contributed by atoms with E-state index in [0.717, 1.165) is 17.0 Å². The molecule has 0 saturated heterocycles. The molecule has 0 unspecified atom stereocenters. The second-order valence-corrected chi connectivity index (χ2v) is 6.90. The summed E-state index contributed by atoms with van der Waals surface area (Å²) < 4.78 is 5.46. The maximum absolute atomic E-state index is 12.6. The molecule has 2 amide bonds. The molecule has 0 aliphatic rings. The molecule has 1 rings (SSSR count). The highest BCUT2D eigenvalue weighted by atomic mass is 16.5. The van der Waals surface area contributed by atoms with Crippen LogP contribution in [0.1, 0.15) is 39.7 Å². The molecule has 0 heterocycles. The summed E-state index contributed by atoms with van der Waals surface area (Å²) in [7, 11) is 0. The summed E-state index contributed by atoms with van der Waals surface area (Å²) in [5, 5.41) is 12.0. The molecule has 130 valence electrons. The SMILES string of the molecule is CCOc1ccc(NC(=O)N(CCCO)CC(C)(C)C)c(C)c1. The second kappa shape index (κ2) is 8.77. The number of nitrogens with zero attached hydrogens (tertiary/aromatic N) is 1. The molecule has 0 aromatic heterocycles. The molecule has 2 N–H and O–H groups in total. The van der Waals surface area contributed by atoms with Crippen LogP contribution in [0.2, 0.25) is 0 Å². The number of anilines is 1. The summed E-state index contributed by atoms with van der Waals surface area (Å²) in [6, 6.07) is 5.50. The van der Waals surface area contributed by atoms with Gasteiger partial charge in [-0.3, -0.25) is 0 Å². The topological polar surface area (TPSA) is 61.8 Å². The first-order chi connectivity index (χ1) is 10.8. The van der Waals surface area contributed by atoms with E-state index in [1.807, 2.05) is 32.0 Å². The second-order valence-electron chi connectivity index (χ2n) is 6.90. The monoisotopic (exact) mass is 322 g/mol. The largest absolute Gasteiger partial charge is 0.494 e. The summed E-state index contributed by atoms with van der Waals surface area (Å²) in [5.41, 5.74) is 1.74. The van der Waals surface area contributed by atoms with Gasteiger partial charge in [0.25, 0.3) is 0 Å². The molecule has 0 spiro atoms. The Bertz CT molecular complexity index is 509. The Morgan fingerprint density at radius 1 is 1.35 bits per heavy atom. The number of rotatable bonds is 7. The van der Waals surface area contributed by atoms with E-state index < -0.39 is 0 Å². The van der Waals surface area contributed by atoms with Crippen molar-refractivity contribution >= 4 is 11.7 Å². The van der Waals surface area contributed by atoms with Crippen LogP contribution in [0, 0.1) is 12.3 Å². The van der Waals surface area contributed by atoms with Crippen molar-refractivity contribution in [2.45, 2.75) is 41.0 Å². The zero-order chi connectivity index (χ0) is 17.5. The Morgan fingerprint density at radius 2 is 2.04 bits per heavy atom. The summed E-state index contributed by atoms with van der Waals surface area (Å²) in [5.74, 6) is 0.801. The van der Waals surface area contributed by atoms with Gasteiger partial charge in [-0.1, -0.05) is 20.8 Å². The quantitative estimate of drug-likeness (QED) is 0.805. The average Bonchev–Trinajstić information content (AvgIpc) is 2.45. The van der Waals surface area contributed by atoms with Crippen LogP contribution in [0.25, 0.3) is 0 Å². The third-order valence-electron chi connectivity index (χ3n) is 3.29. The van der Waals surface area contributed by atoms with E-state index in [-0.39, 0.29) is 18.1 Å². The molecule has 0 fully saturated rings. The van der Waals surface area contributed by atoms with E-state index in [1.165, 1.54) is 0 Å². The lowest BCUT2D eigenvalue weighted by Gasteiger charge is -2.30. The number of nitrogens with one attached hydrogen (secondary N) is 1. The molecule has 1 aromatic rings. The van der Waals surface area contributed by atoms with Crippen molar-refractivity contribution in [3.8, 4) is 5.75 Å². The minimum absolute atomic E-state index is 0.000658. The van der Waals surface area contributed by atoms with Gasteiger partial charge in [-0.05, 0) is 49.4 Å². The van der Waals surface area contributed by atoms with E-state index in [2.05, 4.69) is 26.1 Å². The number of benzene rings is 1. The van der Waals surface area contributed by atoms with Crippen molar-refractivity contribution in [2.24, 2.45) is 5.41 Å². The molecule has 0 atom stereocenters. The summed E-state index contributed by atoms with van der Waals surface area (Å²) in [4.78, 5) is 14.3. The number of aliphatic hydroxyl groups is 1. The van der Waals surface area contributed by atoms with Crippen LogP contribution in [0.15, 0.2) is 18.2 Å². The number of amides is 2. The lowest BCUT2D eigenvalue weighted by Crippen LogP contribution is -2.41. The number of aryl methyl sites for hydroxylation is 1. The fourth-order valence-corrected chi connectivity index (χ4v) is 2.31. The Morgan fingerprint density at radius 3 is 2.57 bits per heavy atom. The number of urea groups is 1. The first-order valence-electron chi connectivity index (χ1n) is 8.17. The number of hydrogen-bond acceptors (Lipinski definition) is 3. The van der Waals surface area contributed by atoms with Gasteiger partial charge < -0.3 is 20.1 Å². The first kappa shape index (κ1) is 19.3. The average molecular weight is 322 g/mol. The number of carbonyl (C=O) groups is 1. The minimum atomic E-state index is -0.138. The van der Waals surface area contributed by atoms with Crippen LogP contribution in [-0.4, -0.2) is 42.3 Å². The van der Waals surface area contributed by atoms with E-state index in [1.54, 1.807) is 4.90 Å². The van der Waals surface area contributed by atoms with Crippen LogP contribution in [0.3, 0.4) is 0 Å². The predicted molar refractivity (Wildman–Crippen MR) is 94.1 cm³/mol. The predicted octanol–water partition coefficient (Wildman–Crippen LogP) is 3.66. The molecule has 0 saturated carbocycles. The minimum Gasteiger partial charge on any atom is -0.494 e. The zero-order valence-electron chi connectivity index (χ0n) is 15.0. The van der Waals surface area contributed by atoms with Gasteiger partial charge in [0.05, 0.1) is 6.61 Å². The molecule has 0 aliphatic carbocycles. The molecule has 23 heavy (non-hydrogen) atoms. The van der Waals surface area contributed by atoms with Crippen molar-refractivity contribution < 1.29 is 14.6 Å². The van der Waals surface area contributed by atoms with Gasteiger partial charge in [0.1, 0.15) is 5.75 Å². The van der Waals surface area contributed by atoms with Crippen LogP contribution in [-0.2, 0) is 0 Å². The highest BCUT2D eigenvalue weighted by Gasteiger charge is 2.21. The highest BCUT2D eigenvalue weighted by Crippen LogP contribution is 2.22. The molecule has 5 nitrogen and oxygen atoms in total. The number of carbonyl (C=O) groups excluding carboxylic acids is 1. The number of aliphatic hydroxyl groups excluding tert-OH is 1. The third kappa shape index (κ3) is 6.91. The van der Waals surface area contributed by atoms with Gasteiger partial charge in [-0.25, -0.2) is 4.79 Å². The van der Waals surface area contributed by atoms with Crippen LogP contribution in [0.5, 0.6) is 5.75 Å². The van der Waals surface area contributed by atoms with Gasteiger partial charge in [0.15, 0.2) is 0 Å². The fourth-order valence-electron chi connectivity index (χ4n) is 2.31. The van der Waals surface area contributed by atoms with E-state index in [9.17, 15) is 4.79 Å². The van der Waals surface area contributed by atoms with Crippen LogP contribution < -0.4 is 10.1 Å². The Labute approximate surface area is 139 Å². The Hall–Kier alpha value is -1.75. The van der Waals surface area contributed by atoms with Crippen molar-refractivity contribution in [1.29, 1.82) is 0 Å². The van der Waals surface area contributed by atoms with Crippen LogP contribution in [0.4, 0.5) is 10.5 Å². The number of hydrogen-bond donors (Lipinski definition) is 2. The number of ether oxygens (including phenoxy) is 1. The van der Waals surface area contributed by atoms with Crippen molar-refractivity contribution in [3.05, 3.63) is 23.8 Å². The maximum atomic E-state index is 12.6. The van der Waals surface area contributed by atoms with Gasteiger partial charge in [0, 0.05) is 25.4 Å². The van der Waals surface area contributed by atoms with E-state index in [0.29, 0.717) is 26.1 Å². The highest BCUT2D eigenvalue weighted by molar-refractivity contribution is 5.90. The Balaban J connectivity index is 2.80. The van der Waals surface area contributed by atoms with Crippen LogP contribution >= 0.6 is 0 Å². The zero-order valence-corrected chi connectivity index (χ0v) is 15.0. The van der Waals surface area contributed by atoms with Gasteiger partial charge in [0.2, 0.25) is 0 Å². The van der Waals surface area contributed by atoms with E-state index >= 15 is 0 Å². The van der Waals surface area contributed by atoms with Crippen molar-refractivity contribution in [2.75, 3.05) is 31.6 Å². The van der Waals surface area contributed by atoms with Crippen molar-refractivity contribution in [3.63, 3.8) is 0 Å². The molecule has 5 heteroatoms. The normalized spacial score (nSPS) is 11.2. The van der Waals surface area contributed by atoms with Gasteiger partial charge >= 0.3 is 6.03 Å². The third-order valence-corrected chi connectivity index (χ3v) is 3.29. The summed E-state index contributed by atoms with van der Waals surface area (Å²) >= 11 is 0. The molecule has 0 bridgehead atoms. The standard InChI is InChI=1S/C18H30N2O3/c1-6-23-15-8-9-16(14(2)12-15)19-17(22)20(10-7-11-21)13-18(3,4)5/h8-9,12,21H,6-7,10-11,13H2,1-5H3,(H,19,22). The molecular formula is C18H30N2O3. The van der Waals surface area contributed by atoms with Gasteiger partial charge in [-0.15, -0.1) is 0 Å². The molecule has 0 aliphatic heterocycles. The fraction of sp³-hybridized carbons (Fsp3) is 0.611. The molecular weight excluding hydrogens is 292 g/mol. The smallest absolute Gasteiger partial charge is 0.321 e. The molecule has 0 radical (unpaired) electrons. The Kier molecular flexibility index (Phi) is 7.36. The molecule has 1 aromatic carbocycles. The first-order valence-corrected chi connectivity index (χ1v) is 8.17. The maximum Gasteiger partial charge on any atom is 0.321 e. The van der Waals surface area contributed by atoms with Gasteiger partial charge in [-0.2, -0.15) is 0 Å². The lowest BCUT2D eigenvalue weighted by molar-refractivity contribution is 0.176. The summed E-state index contributed by atoms with van der Waals surface area (Å²) in [6.07, 6.45) is 0.575. The van der Waals surface area contributed by atoms with Crippen molar-refractivity contribution in [1.82, 2.24) is 4.90 Å². The summed E-state index contributed by atoms with van der Waals surface area (Å²) in [6.45, 7) is 12.0. The van der Waals surface area contributed by atoms with E-state index in [4.69, 9.17) is 9.84 Å².